The molecule has 0 saturated heterocycles. The molecule has 0 aromatic carbocycles. The van der Waals surface area contributed by atoms with Gasteiger partial charge in [-0.1, -0.05) is 0 Å². The second kappa shape index (κ2) is 4.00. The minimum absolute atomic E-state index is 0.896. The number of nitrogens with one attached hydrogen (secondary N) is 1. The molecule has 4 heteroatoms. The van der Waals surface area contributed by atoms with Crippen molar-refractivity contribution >= 4 is 17.3 Å². The minimum Gasteiger partial charge on any atom is -0.351 e. The zero-order valence-electron chi connectivity index (χ0n) is 8.58. The zero-order chi connectivity index (χ0) is 9.97. The molecular weight excluding hydrogens is 194 g/mol. The fourth-order valence-corrected chi connectivity index (χ4v) is 2.31. The van der Waals surface area contributed by atoms with Gasteiger partial charge < -0.3 is 10.2 Å². The van der Waals surface area contributed by atoms with Crippen LogP contribution >= 0.6 is 11.3 Å². The van der Waals surface area contributed by atoms with Gasteiger partial charge in [0.1, 0.15) is 0 Å². The quantitative estimate of drug-likeness (QED) is 0.798. The molecule has 1 N–H and O–H groups in total. The van der Waals surface area contributed by atoms with Crippen LogP contribution in [0.3, 0.4) is 0 Å². The molecule has 76 valence electrons. The van der Waals surface area contributed by atoms with Crippen molar-refractivity contribution in [2.24, 2.45) is 4.99 Å². The first-order chi connectivity index (χ1) is 6.77. The second-order valence-corrected chi connectivity index (χ2v) is 4.51. The smallest absolute Gasteiger partial charge is 0.194 e. The van der Waals surface area contributed by atoms with Gasteiger partial charge in [-0.15, -0.1) is 11.3 Å². The van der Waals surface area contributed by atoms with E-state index in [2.05, 4.69) is 40.6 Å². The predicted octanol–water partition coefficient (Wildman–Crippen LogP) is 1.45. The Kier molecular flexibility index (Phi) is 2.72. The Morgan fingerprint density at radius 2 is 2.50 bits per heavy atom. The molecule has 0 amide bonds. The van der Waals surface area contributed by atoms with E-state index in [-0.39, 0.29) is 0 Å². The van der Waals surface area contributed by atoms with E-state index in [9.17, 15) is 0 Å². The fraction of sp³-hybridized carbons (Fsp3) is 0.500. The molecule has 0 bridgehead atoms. The van der Waals surface area contributed by atoms with Crippen molar-refractivity contribution in [2.75, 3.05) is 20.1 Å². The first-order valence-electron chi connectivity index (χ1n) is 4.80. The number of hydrogen-bond donors (Lipinski definition) is 1. The molecule has 1 aromatic rings. The van der Waals surface area contributed by atoms with Gasteiger partial charge in [-0.2, -0.15) is 0 Å². The average Bonchev–Trinajstić information content (AvgIpc) is 2.72. The molecule has 0 radical (unpaired) electrons. The van der Waals surface area contributed by atoms with Crippen LogP contribution in [0.2, 0.25) is 0 Å². The number of aryl methyl sites for hydroxylation is 1. The monoisotopic (exact) mass is 209 g/mol. The van der Waals surface area contributed by atoms with E-state index in [4.69, 9.17) is 0 Å². The summed E-state index contributed by atoms with van der Waals surface area (Å²) in [6.07, 6.45) is 0. The number of thiophene rings is 1. The van der Waals surface area contributed by atoms with Gasteiger partial charge in [-0.3, -0.25) is 4.99 Å². The van der Waals surface area contributed by atoms with Crippen molar-refractivity contribution in [2.45, 2.75) is 13.5 Å². The molecule has 0 spiro atoms. The Morgan fingerprint density at radius 3 is 3.07 bits per heavy atom. The largest absolute Gasteiger partial charge is 0.351 e. The highest BCUT2D eigenvalue weighted by Crippen LogP contribution is 2.14. The Hall–Kier alpha value is -1.03. The van der Waals surface area contributed by atoms with Crippen LogP contribution < -0.4 is 5.32 Å². The third-order valence-corrected chi connectivity index (χ3v) is 3.46. The molecule has 1 aromatic heterocycles. The van der Waals surface area contributed by atoms with Crippen molar-refractivity contribution in [1.82, 2.24) is 10.2 Å². The zero-order valence-corrected chi connectivity index (χ0v) is 9.40. The molecule has 0 fully saturated rings. The van der Waals surface area contributed by atoms with E-state index in [1.165, 1.54) is 10.4 Å². The van der Waals surface area contributed by atoms with Crippen LogP contribution in [0.1, 0.15) is 10.4 Å². The maximum atomic E-state index is 4.38. The Balaban J connectivity index is 1.92. The standard InChI is InChI=1S/C10H15N3S/c1-8-3-6-14-9(8)7-12-10-11-4-5-13(10)2/h3,6H,4-5,7H2,1-2H3,(H,11,12). The highest BCUT2D eigenvalue weighted by Gasteiger charge is 2.11. The summed E-state index contributed by atoms with van der Waals surface area (Å²) >= 11 is 1.80. The number of hydrogen-bond acceptors (Lipinski definition) is 4. The predicted molar refractivity (Wildman–Crippen MR) is 60.8 cm³/mol. The molecule has 0 saturated carbocycles. The van der Waals surface area contributed by atoms with E-state index in [1.54, 1.807) is 11.3 Å². The first-order valence-corrected chi connectivity index (χ1v) is 5.68. The number of nitrogens with zero attached hydrogens (tertiary/aromatic N) is 2. The number of likely N-dealkylation sites (N-methyl/N-ethyl adjacent to an activating group) is 1. The molecule has 0 aliphatic carbocycles. The molecule has 2 rings (SSSR count). The number of rotatable bonds is 2. The van der Waals surface area contributed by atoms with Gasteiger partial charge in [0.05, 0.1) is 13.1 Å². The van der Waals surface area contributed by atoms with Crippen molar-refractivity contribution in [3.63, 3.8) is 0 Å². The Bertz CT molecular complexity index is 343. The fourth-order valence-electron chi connectivity index (χ4n) is 1.47. The lowest BCUT2D eigenvalue weighted by Gasteiger charge is -2.14. The summed E-state index contributed by atoms with van der Waals surface area (Å²) in [5, 5.41) is 5.49. The molecule has 0 atom stereocenters. The summed E-state index contributed by atoms with van der Waals surface area (Å²) in [5.41, 5.74) is 1.36. The highest BCUT2D eigenvalue weighted by molar-refractivity contribution is 7.10. The molecule has 1 aliphatic heterocycles. The van der Waals surface area contributed by atoms with Gasteiger partial charge in [0, 0.05) is 18.5 Å². The van der Waals surface area contributed by atoms with E-state index in [1.807, 2.05) is 0 Å². The van der Waals surface area contributed by atoms with Crippen LogP contribution in [-0.4, -0.2) is 31.0 Å². The van der Waals surface area contributed by atoms with Gasteiger partial charge in [0.2, 0.25) is 0 Å². The summed E-state index contributed by atoms with van der Waals surface area (Å²) in [5.74, 6) is 1.03. The van der Waals surface area contributed by atoms with Gasteiger partial charge in [-0.05, 0) is 23.9 Å². The number of aliphatic imine (C=N–C) groups is 1. The topological polar surface area (TPSA) is 27.6 Å². The van der Waals surface area contributed by atoms with Crippen molar-refractivity contribution in [3.8, 4) is 0 Å². The van der Waals surface area contributed by atoms with Crippen LogP contribution in [-0.2, 0) is 6.54 Å². The van der Waals surface area contributed by atoms with Crippen molar-refractivity contribution in [1.29, 1.82) is 0 Å². The van der Waals surface area contributed by atoms with Crippen LogP contribution in [0.25, 0.3) is 0 Å². The van der Waals surface area contributed by atoms with E-state index in [0.717, 1.165) is 25.6 Å². The summed E-state index contributed by atoms with van der Waals surface area (Å²) in [6, 6.07) is 2.15. The van der Waals surface area contributed by atoms with E-state index < -0.39 is 0 Å². The van der Waals surface area contributed by atoms with E-state index in [0.29, 0.717) is 0 Å². The first kappa shape index (κ1) is 9.52. The lowest BCUT2D eigenvalue weighted by molar-refractivity contribution is 0.534. The normalized spacial score (nSPS) is 15.9. The third kappa shape index (κ3) is 1.90. The Morgan fingerprint density at radius 1 is 1.64 bits per heavy atom. The van der Waals surface area contributed by atoms with Gasteiger partial charge in [-0.25, -0.2) is 0 Å². The summed E-state index contributed by atoms with van der Waals surface area (Å²) in [6.45, 7) is 4.99. The SMILES string of the molecule is Cc1ccsc1CNC1=NCCN1C. The maximum Gasteiger partial charge on any atom is 0.194 e. The maximum absolute atomic E-state index is 4.38. The average molecular weight is 209 g/mol. The minimum atomic E-state index is 0.896. The number of guanidine groups is 1. The summed E-state index contributed by atoms with van der Waals surface area (Å²) < 4.78 is 0. The second-order valence-electron chi connectivity index (χ2n) is 3.51. The molecule has 1 aliphatic rings. The Labute approximate surface area is 88.5 Å². The van der Waals surface area contributed by atoms with Crippen LogP contribution in [0.15, 0.2) is 16.4 Å². The molecule has 14 heavy (non-hydrogen) atoms. The highest BCUT2D eigenvalue weighted by atomic mass is 32.1. The van der Waals surface area contributed by atoms with Crippen LogP contribution in [0, 0.1) is 6.92 Å². The van der Waals surface area contributed by atoms with Crippen LogP contribution in [0.5, 0.6) is 0 Å². The van der Waals surface area contributed by atoms with Gasteiger partial charge in [0.25, 0.3) is 0 Å². The third-order valence-electron chi connectivity index (χ3n) is 2.43. The summed E-state index contributed by atoms with van der Waals surface area (Å²) in [7, 11) is 2.07. The van der Waals surface area contributed by atoms with Gasteiger partial charge in [0.15, 0.2) is 5.96 Å². The van der Waals surface area contributed by atoms with Crippen molar-refractivity contribution < 1.29 is 0 Å². The molecule has 3 nitrogen and oxygen atoms in total. The lowest BCUT2D eigenvalue weighted by Crippen LogP contribution is -2.34. The van der Waals surface area contributed by atoms with E-state index >= 15 is 0 Å². The van der Waals surface area contributed by atoms with Crippen LogP contribution in [0.4, 0.5) is 0 Å². The lowest BCUT2D eigenvalue weighted by atomic mass is 10.3. The molecule has 0 unspecified atom stereocenters. The summed E-state index contributed by atoms with van der Waals surface area (Å²) in [4.78, 5) is 7.93. The molecular formula is C10H15N3S. The molecule has 2 heterocycles. The van der Waals surface area contributed by atoms with Gasteiger partial charge >= 0.3 is 0 Å². The van der Waals surface area contributed by atoms with Crippen molar-refractivity contribution in [3.05, 3.63) is 21.9 Å².